The molecule has 94 valence electrons. The second-order valence-electron chi connectivity index (χ2n) is 4.31. The second kappa shape index (κ2) is 6.12. The van der Waals surface area contributed by atoms with Gasteiger partial charge in [0.15, 0.2) is 0 Å². The molecule has 1 nitrogen and oxygen atoms in total. The van der Waals surface area contributed by atoms with E-state index in [4.69, 9.17) is 0 Å². The first-order valence-corrected chi connectivity index (χ1v) is 6.65. The van der Waals surface area contributed by atoms with Crippen molar-refractivity contribution in [3.05, 3.63) is 69.4 Å². The monoisotopic (exact) mass is 307 g/mol. The lowest BCUT2D eigenvalue weighted by atomic mass is 10.1. The quantitative estimate of drug-likeness (QED) is 0.893. The zero-order valence-corrected chi connectivity index (χ0v) is 11.8. The number of benzene rings is 2. The van der Waals surface area contributed by atoms with Crippen LogP contribution in [0.1, 0.15) is 16.7 Å². The van der Waals surface area contributed by atoms with Crippen molar-refractivity contribution in [2.24, 2.45) is 0 Å². The lowest BCUT2D eigenvalue weighted by Gasteiger charge is -2.08. The van der Waals surface area contributed by atoms with Crippen molar-refractivity contribution in [1.82, 2.24) is 5.32 Å². The molecule has 0 saturated carbocycles. The molecule has 1 N–H and O–H groups in total. The van der Waals surface area contributed by atoms with Crippen LogP contribution in [0.15, 0.2) is 46.9 Å². The van der Waals surface area contributed by atoms with Gasteiger partial charge in [0.2, 0.25) is 0 Å². The maximum Gasteiger partial charge on any atom is 0.137 e. The zero-order chi connectivity index (χ0) is 13.0. The summed E-state index contributed by atoms with van der Waals surface area (Å²) in [6.45, 7) is 3.50. The second-order valence-corrected chi connectivity index (χ2v) is 5.10. The highest BCUT2D eigenvalue weighted by Gasteiger charge is 2.04. The maximum absolute atomic E-state index is 13.3. The largest absolute Gasteiger partial charge is 0.309 e. The van der Waals surface area contributed by atoms with Gasteiger partial charge in [0.25, 0.3) is 0 Å². The summed E-state index contributed by atoms with van der Waals surface area (Å²) in [4.78, 5) is 0. The van der Waals surface area contributed by atoms with E-state index < -0.39 is 0 Å². The highest BCUT2D eigenvalue weighted by molar-refractivity contribution is 9.10. The van der Waals surface area contributed by atoms with E-state index in [1.807, 2.05) is 12.1 Å². The molecule has 3 heteroatoms. The molecule has 0 atom stereocenters. The van der Waals surface area contributed by atoms with Crippen LogP contribution in [0, 0.1) is 12.7 Å². The van der Waals surface area contributed by atoms with E-state index in [-0.39, 0.29) is 5.82 Å². The molecule has 0 aliphatic rings. The Labute approximate surface area is 115 Å². The number of rotatable bonds is 4. The minimum atomic E-state index is -0.218. The number of halogens is 2. The molecule has 18 heavy (non-hydrogen) atoms. The van der Waals surface area contributed by atoms with Crippen molar-refractivity contribution in [3.63, 3.8) is 0 Å². The molecule has 0 aliphatic carbocycles. The van der Waals surface area contributed by atoms with Gasteiger partial charge in [-0.2, -0.15) is 0 Å². The topological polar surface area (TPSA) is 12.0 Å². The molecule has 0 heterocycles. The molecule has 0 radical (unpaired) electrons. The molecule has 2 rings (SSSR count). The molecule has 0 amide bonds. The van der Waals surface area contributed by atoms with Crippen molar-refractivity contribution >= 4 is 15.9 Å². The fourth-order valence-electron chi connectivity index (χ4n) is 1.85. The van der Waals surface area contributed by atoms with Crippen LogP contribution in [0.25, 0.3) is 0 Å². The molecule has 2 aromatic rings. The number of hydrogen-bond acceptors (Lipinski definition) is 1. The summed E-state index contributed by atoms with van der Waals surface area (Å²) in [7, 11) is 0. The smallest absolute Gasteiger partial charge is 0.137 e. The van der Waals surface area contributed by atoms with Gasteiger partial charge in [0.1, 0.15) is 5.82 Å². The van der Waals surface area contributed by atoms with Gasteiger partial charge in [-0.3, -0.25) is 0 Å². The van der Waals surface area contributed by atoms with Crippen molar-refractivity contribution in [1.29, 1.82) is 0 Å². The third-order valence-electron chi connectivity index (χ3n) is 2.76. The molecule has 0 spiro atoms. The average Bonchev–Trinajstić information content (AvgIpc) is 2.35. The summed E-state index contributed by atoms with van der Waals surface area (Å²) >= 11 is 3.26. The first-order chi connectivity index (χ1) is 8.66. The van der Waals surface area contributed by atoms with E-state index >= 15 is 0 Å². The number of aryl methyl sites for hydroxylation is 1. The van der Waals surface area contributed by atoms with Gasteiger partial charge in [0, 0.05) is 13.1 Å². The summed E-state index contributed by atoms with van der Waals surface area (Å²) < 4.78 is 13.9. The van der Waals surface area contributed by atoms with E-state index in [1.165, 1.54) is 17.2 Å². The minimum Gasteiger partial charge on any atom is -0.309 e. The van der Waals surface area contributed by atoms with Crippen LogP contribution in [0.2, 0.25) is 0 Å². The Balaban J connectivity index is 1.94. The van der Waals surface area contributed by atoms with Crippen LogP contribution in [-0.2, 0) is 13.1 Å². The lowest BCUT2D eigenvalue weighted by Crippen LogP contribution is -2.13. The third kappa shape index (κ3) is 3.40. The fourth-order valence-corrected chi connectivity index (χ4v) is 2.25. The van der Waals surface area contributed by atoms with Crippen molar-refractivity contribution in [2.75, 3.05) is 0 Å². The Morgan fingerprint density at radius 3 is 2.67 bits per heavy atom. The van der Waals surface area contributed by atoms with Crippen LogP contribution in [0.5, 0.6) is 0 Å². The Morgan fingerprint density at radius 1 is 1.11 bits per heavy atom. The summed E-state index contributed by atoms with van der Waals surface area (Å²) in [5.74, 6) is -0.218. The van der Waals surface area contributed by atoms with Gasteiger partial charge in [-0.15, -0.1) is 0 Å². The van der Waals surface area contributed by atoms with Gasteiger partial charge in [-0.1, -0.05) is 42.0 Å². The standard InChI is InChI=1S/C15H15BrFN/c1-11-4-2-5-12(8-11)9-18-10-13-6-3-7-14(17)15(13)16/h2-8,18H,9-10H2,1H3. The predicted molar refractivity (Wildman–Crippen MR) is 75.8 cm³/mol. The first kappa shape index (κ1) is 13.2. The molecular weight excluding hydrogens is 293 g/mol. The molecular formula is C15H15BrFN. The number of nitrogens with one attached hydrogen (secondary N) is 1. The van der Waals surface area contributed by atoms with Gasteiger partial charge in [0.05, 0.1) is 4.47 Å². The minimum absolute atomic E-state index is 0.218. The number of hydrogen-bond donors (Lipinski definition) is 1. The van der Waals surface area contributed by atoms with Gasteiger partial charge < -0.3 is 5.32 Å². The zero-order valence-electron chi connectivity index (χ0n) is 10.2. The average molecular weight is 308 g/mol. The molecule has 0 saturated heterocycles. The summed E-state index contributed by atoms with van der Waals surface area (Å²) in [5.41, 5.74) is 3.42. The maximum atomic E-state index is 13.3. The van der Waals surface area contributed by atoms with Gasteiger partial charge >= 0.3 is 0 Å². The van der Waals surface area contributed by atoms with Crippen LogP contribution in [0.4, 0.5) is 4.39 Å². The highest BCUT2D eigenvalue weighted by Crippen LogP contribution is 2.20. The molecule has 0 fully saturated rings. The van der Waals surface area contributed by atoms with Crippen LogP contribution in [0.3, 0.4) is 0 Å². The molecule has 0 aromatic heterocycles. The van der Waals surface area contributed by atoms with E-state index in [0.717, 1.165) is 12.1 Å². The van der Waals surface area contributed by atoms with Gasteiger partial charge in [-0.25, -0.2) is 4.39 Å². The fraction of sp³-hybridized carbons (Fsp3) is 0.200. The Kier molecular flexibility index (Phi) is 4.50. The summed E-state index contributed by atoms with van der Waals surface area (Å²) in [6.07, 6.45) is 0. The van der Waals surface area contributed by atoms with E-state index in [9.17, 15) is 4.39 Å². The van der Waals surface area contributed by atoms with E-state index in [0.29, 0.717) is 11.0 Å². The van der Waals surface area contributed by atoms with E-state index in [2.05, 4.69) is 46.4 Å². The van der Waals surface area contributed by atoms with Crippen LogP contribution >= 0.6 is 15.9 Å². The van der Waals surface area contributed by atoms with Crippen molar-refractivity contribution < 1.29 is 4.39 Å². The Morgan fingerprint density at radius 2 is 1.89 bits per heavy atom. The SMILES string of the molecule is Cc1cccc(CNCc2cccc(F)c2Br)c1. The molecule has 0 unspecified atom stereocenters. The normalized spacial score (nSPS) is 10.6. The first-order valence-electron chi connectivity index (χ1n) is 5.86. The highest BCUT2D eigenvalue weighted by atomic mass is 79.9. The van der Waals surface area contributed by atoms with E-state index in [1.54, 1.807) is 6.07 Å². The Hall–Kier alpha value is -1.19. The summed E-state index contributed by atoms with van der Waals surface area (Å²) in [6, 6.07) is 13.4. The molecule has 0 bridgehead atoms. The predicted octanol–water partition coefficient (Wildman–Crippen LogP) is 4.19. The lowest BCUT2D eigenvalue weighted by molar-refractivity contribution is 0.612. The summed E-state index contributed by atoms with van der Waals surface area (Å²) in [5, 5.41) is 3.32. The van der Waals surface area contributed by atoms with Gasteiger partial charge in [-0.05, 0) is 40.0 Å². The molecule has 0 aliphatic heterocycles. The van der Waals surface area contributed by atoms with Crippen molar-refractivity contribution in [3.8, 4) is 0 Å². The molecule has 2 aromatic carbocycles. The Bertz CT molecular complexity index is 540. The van der Waals surface area contributed by atoms with Crippen molar-refractivity contribution in [2.45, 2.75) is 20.0 Å². The van der Waals surface area contributed by atoms with Crippen LogP contribution in [-0.4, -0.2) is 0 Å². The van der Waals surface area contributed by atoms with Crippen LogP contribution < -0.4 is 5.32 Å². The third-order valence-corrected chi connectivity index (χ3v) is 3.65.